The molecule has 44 heavy (non-hydrogen) atoms. The van der Waals surface area contributed by atoms with Crippen LogP contribution in [0.15, 0.2) is 40.1 Å². The number of hydrogen-bond acceptors (Lipinski definition) is 5. The van der Waals surface area contributed by atoms with Crippen molar-refractivity contribution in [2.45, 2.75) is 52.0 Å². The zero-order valence-corrected chi connectivity index (χ0v) is 28.5. The molecule has 2 aromatic heterocycles. The monoisotopic (exact) mass is 681 g/mol. The molecule has 0 spiro atoms. The number of halogens is 6. The Morgan fingerprint density at radius 2 is 1.14 bits per heavy atom. The number of rotatable bonds is 9. The molecule has 0 saturated carbocycles. The van der Waals surface area contributed by atoms with E-state index in [2.05, 4.69) is 20.0 Å². The molecule has 230 valence electrons. The zero-order chi connectivity index (χ0) is 33.1. The predicted octanol–water partition coefficient (Wildman–Crippen LogP) is 7.03. The number of aryl methyl sites for hydroxylation is 6. The number of alkyl halides is 2. The predicted molar refractivity (Wildman–Crippen MR) is 161 cm³/mol. The summed E-state index contributed by atoms with van der Waals surface area (Å²) in [5.74, 6) is -3.46. The van der Waals surface area contributed by atoms with Crippen LogP contribution in [0.5, 0.6) is 0 Å². The third-order valence-corrected chi connectivity index (χ3v) is 7.50. The van der Waals surface area contributed by atoms with Gasteiger partial charge in [0.1, 0.15) is 0 Å². The number of nitrogens with zero attached hydrogens (tertiary/aromatic N) is 8. The minimum atomic E-state index is -1.00. The molecule has 0 aliphatic rings. The maximum Gasteiger partial charge on any atom is 1.00 e. The summed E-state index contributed by atoms with van der Waals surface area (Å²) in [6.45, 7) is 3.63. The van der Waals surface area contributed by atoms with Crippen LogP contribution in [0.2, 0.25) is 0 Å². The third-order valence-electron chi connectivity index (χ3n) is 5.57. The summed E-state index contributed by atoms with van der Waals surface area (Å²) in [7, 11) is -1.00. The van der Waals surface area contributed by atoms with Crippen LogP contribution in [0.1, 0.15) is 45.0 Å². The Labute approximate surface area is 288 Å². The van der Waals surface area contributed by atoms with Gasteiger partial charge in [-0.25, -0.2) is 27.5 Å². The van der Waals surface area contributed by atoms with Gasteiger partial charge in [-0.15, -0.1) is 34.3 Å². The van der Waals surface area contributed by atoms with Crippen LogP contribution in [0.4, 0.5) is 22.0 Å². The van der Waals surface area contributed by atoms with Crippen molar-refractivity contribution >= 4 is 34.3 Å². The first-order chi connectivity index (χ1) is 21.1. The standard InChI is InChI=1S/C13H12ClF2NS.C13H12F2N4S.CH3F.N3.Na/c1-8-17-11(7-18-8)5-4-9-2-3-10(6-14)13(16)12(9)15;1-8-18-11(7-20-8)5-4-9-2-3-10(6-17-19-16)13(15)12(9)14;1-2;1-3-2;/h2-3,7H,4-6H2,1H3;2-3,7H,4-6H2,1H3;1H3;;/q;;;-1;+1/i;;1D;;. The van der Waals surface area contributed by atoms with Gasteiger partial charge >= 0.3 is 29.6 Å². The van der Waals surface area contributed by atoms with E-state index >= 15 is 0 Å². The van der Waals surface area contributed by atoms with Gasteiger partial charge in [-0.1, -0.05) is 29.4 Å². The van der Waals surface area contributed by atoms with E-state index in [1.807, 2.05) is 24.6 Å². The summed E-state index contributed by atoms with van der Waals surface area (Å²) < 4.78 is 70.3. The minimum absolute atomic E-state index is 0. The maximum absolute atomic E-state index is 13.9. The van der Waals surface area contributed by atoms with Gasteiger partial charge in [0.05, 0.1) is 42.4 Å². The quantitative estimate of drug-likeness (QED) is 0.0468. The van der Waals surface area contributed by atoms with Gasteiger partial charge in [0.15, 0.2) is 23.3 Å². The van der Waals surface area contributed by atoms with E-state index < -0.39 is 30.4 Å². The van der Waals surface area contributed by atoms with Crippen LogP contribution in [0, 0.1) is 37.1 Å². The Bertz CT molecular complexity index is 1560. The Hall–Kier alpha value is -2.74. The second-order valence-corrected chi connectivity index (χ2v) is 10.7. The van der Waals surface area contributed by atoms with Gasteiger partial charge in [0.2, 0.25) is 0 Å². The number of benzene rings is 2. The van der Waals surface area contributed by atoms with Gasteiger partial charge in [0, 0.05) is 21.2 Å². The van der Waals surface area contributed by atoms with E-state index in [1.54, 1.807) is 17.4 Å². The third kappa shape index (κ3) is 13.5. The summed E-state index contributed by atoms with van der Waals surface area (Å²) in [5.41, 5.74) is 24.4. The first kappa shape index (κ1) is 39.3. The van der Waals surface area contributed by atoms with Crippen molar-refractivity contribution in [2.24, 2.45) is 5.11 Å². The van der Waals surface area contributed by atoms with E-state index in [-0.39, 0.29) is 53.1 Å². The average Bonchev–Trinajstić information content (AvgIpc) is 3.62. The fourth-order valence-corrected chi connectivity index (χ4v) is 5.05. The molecule has 0 radical (unpaired) electrons. The van der Waals surface area contributed by atoms with E-state index in [1.165, 1.54) is 34.4 Å². The number of azide groups is 1. The minimum Gasteiger partial charge on any atom is -0.373 e. The van der Waals surface area contributed by atoms with Crippen molar-refractivity contribution in [1.82, 2.24) is 9.97 Å². The van der Waals surface area contributed by atoms with Gasteiger partial charge in [-0.2, -0.15) is 0 Å². The molecule has 0 fully saturated rings. The van der Waals surface area contributed by atoms with E-state index in [0.29, 0.717) is 36.8 Å². The van der Waals surface area contributed by atoms with Crippen molar-refractivity contribution in [3.05, 3.63) is 128 Å². The molecule has 0 amide bonds. The molecule has 0 aliphatic heterocycles. The second kappa shape index (κ2) is 22.7. The Balaban J connectivity index is 0.000000721. The van der Waals surface area contributed by atoms with Crippen molar-refractivity contribution < 1.29 is 52.9 Å². The van der Waals surface area contributed by atoms with Gasteiger partial charge in [-0.3, -0.25) is 9.30 Å². The molecule has 4 rings (SSSR count). The van der Waals surface area contributed by atoms with E-state index in [9.17, 15) is 22.0 Å². The Kier molecular flexibility index (Phi) is 20.3. The van der Waals surface area contributed by atoms with E-state index in [0.717, 1.165) is 21.4 Å². The second-order valence-electron chi connectivity index (χ2n) is 8.35. The Morgan fingerprint density at radius 1 is 0.773 bits per heavy atom. The van der Waals surface area contributed by atoms with Gasteiger partial charge in [-0.05, 0) is 61.8 Å². The van der Waals surface area contributed by atoms with Gasteiger partial charge < -0.3 is 11.1 Å². The SMILES string of the molecule is Cc1nc(CCc2ccc(CCl)c(F)c2F)cs1.Cc1nc(CCc2ccc(CN=[N+]=[N-])c(F)c2F)cs1.[2H]CF.[N-]=[N+]=[N-].[Na+]. The molecule has 0 atom stereocenters. The molecule has 0 unspecified atom stereocenters. The molecule has 0 N–H and O–H groups in total. The topological polar surface area (TPSA) is 133 Å². The van der Waals surface area contributed by atoms with Crippen LogP contribution in [-0.4, -0.2) is 17.1 Å². The summed E-state index contributed by atoms with van der Waals surface area (Å²) in [4.78, 5) is 12.6. The number of aromatic nitrogens is 2. The molecule has 0 bridgehead atoms. The molecule has 2 heterocycles. The molecule has 8 nitrogen and oxygen atoms in total. The summed E-state index contributed by atoms with van der Waals surface area (Å²) in [6, 6.07) is 6.11. The molecule has 0 saturated heterocycles. The molecular formula is C27H27ClF5N8NaS2. The van der Waals surface area contributed by atoms with Crippen molar-refractivity contribution in [3.8, 4) is 0 Å². The largest absolute Gasteiger partial charge is 1.00 e. The smallest absolute Gasteiger partial charge is 0.373 e. The first-order valence-electron chi connectivity index (χ1n) is 12.9. The van der Waals surface area contributed by atoms with Crippen molar-refractivity contribution in [1.29, 1.82) is 0 Å². The van der Waals surface area contributed by atoms with Crippen LogP contribution < -0.4 is 29.6 Å². The molecule has 2 aromatic carbocycles. The van der Waals surface area contributed by atoms with Crippen molar-refractivity contribution in [3.63, 3.8) is 0 Å². The molecule has 4 aromatic rings. The summed E-state index contributed by atoms with van der Waals surface area (Å²) >= 11 is 8.61. The van der Waals surface area contributed by atoms with E-state index in [4.69, 9.17) is 29.6 Å². The van der Waals surface area contributed by atoms with Crippen LogP contribution in [0.3, 0.4) is 0 Å². The summed E-state index contributed by atoms with van der Waals surface area (Å²) in [6.07, 6.45) is 2.00. The fraction of sp³-hybridized carbons (Fsp3) is 0.333. The molecular weight excluding hydrogens is 654 g/mol. The average molecular weight is 682 g/mol. The van der Waals surface area contributed by atoms with Crippen molar-refractivity contribution in [2.75, 3.05) is 7.15 Å². The Morgan fingerprint density at radius 3 is 1.50 bits per heavy atom. The van der Waals surface area contributed by atoms with Crippen LogP contribution in [0.25, 0.3) is 26.4 Å². The molecule has 0 aliphatic carbocycles. The summed E-state index contributed by atoms with van der Waals surface area (Å²) in [5, 5.41) is 9.03. The van der Waals surface area contributed by atoms with Crippen LogP contribution >= 0.6 is 34.3 Å². The zero-order valence-electron chi connectivity index (χ0n) is 25.1. The molecule has 17 heteroatoms. The normalized spacial score (nSPS) is 9.77. The maximum atomic E-state index is 13.9. The number of hydrogen-bond donors (Lipinski definition) is 0. The fourth-order valence-electron chi connectivity index (χ4n) is 3.55. The van der Waals surface area contributed by atoms with Crippen LogP contribution in [-0.2, 0) is 38.1 Å². The first-order valence-corrected chi connectivity index (χ1v) is 14.5. The number of thiazole rings is 2. The van der Waals surface area contributed by atoms with Gasteiger partial charge in [0.25, 0.3) is 0 Å².